The number of rotatable bonds is 3. The van der Waals surface area contributed by atoms with Gasteiger partial charge in [0.15, 0.2) is 5.58 Å². The normalized spacial score (nSPS) is 12.3. The maximum absolute atomic E-state index is 6.55. The van der Waals surface area contributed by atoms with Gasteiger partial charge in [-0.3, -0.25) is 0 Å². The topological polar surface area (TPSA) is 23.0 Å². The van der Waals surface area contributed by atoms with Gasteiger partial charge in [-0.05, 0) is 76.5 Å². The number of hydrogen-bond acceptors (Lipinski definition) is 1. The molecule has 0 saturated carbocycles. The predicted octanol–water partition coefficient (Wildman–Crippen LogP) is 12.0. The van der Waals surface area contributed by atoms with E-state index in [0.29, 0.717) is 0 Å². The first-order valence-electron chi connectivity index (χ1n) is 16.1. The van der Waals surface area contributed by atoms with Crippen LogP contribution in [0.1, 0.15) is 0 Å². The van der Waals surface area contributed by atoms with Crippen LogP contribution in [0.25, 0.3) is 98.8 Å². The predicted molar refractivity (Wildman–Crippen MR) is 197 cm³/mol. The molecule has 3 heterocycles. The minimum Gasteiger partial charge on any atom is -0.454 e. The average molecular weight is 599 g/mol. The van der Waals surface area contributed by atoms with E-state index in [2.05, 4.69) is 161 Å². The van der Waals surface area contributed by atoms with Crippen molar-refractivity contribution in [3.8, 4) is 22.5 Å². The maximum Gasteiger partial charge on any atom is 0.159 e. The minimum atomic E-state index is 0.911. The van der Waals surface area contributed by atoms with Gasteiger partial charge in [-0.1, -0.05) is 103 Å². The summed E-state index contributed by atoms with van der Waals surface area (Å²) in [6, 6.07) is 57.0. The molecule has 0 aliphatic rings. The van der Waals surface area contributed by atoms with E-state index >= 15 is 0 Å². The molecule has 8 aromatic carbocycles. The molecule has 3 heteroatoms. The average Bonchev–Trinajstić information content (AvgIpc) is 3.79. The molecule has 0 radical (unpaired) electrons. The summed E-state index contributed by atoms with van der Waals surface area (Å²) in [5.41, 5.74) is 11.3. The summed E-state index contributed by atoms with van der Waals surface area (Å²) < 4.78 is 11.3. The number of benzene rings is 8. The first-order chi connectivity index (χ1) is 23.3. The van der Waals surface area contributed by atoms with Crippen molar-refractivity contribution in [3.05, 3.63) is 158 Å². The lowest BCUT2D eigenvalue weighted by Gasteiger charge is -2.11. The second-order valence-electron chi connectivity index (χ2n) is 12.5. The second-order valence-corrected chi connectivity index (χ2v) is 12.5. The van der Waals surface area contributed by atoms with E-state index in [1.165, 1.54) is 71.2 Å². The minimum absolute atomic E-state index is 0.911. The van der Waals surface area contributed by atoms with Crippen molar-refractivity contribution < 1.29 is 4.42 Å². The molecule has 3 aromatic heterocycles. The van der Waals surface area contributed by atoms with Crippen LogP contribution in [0.2, 0.25) is 0 Å². The van der Waals surface area contributed by atoms with Crippen LogP contribution < -0.4 is 0 Å². The van der Waals surface area contributed by atoms with E-state index in [1.807, 2.05) is 6.07 Å². The fourth-order valence-corrected chi connectivity index (χ4v) is 8.10. The van der Waals surface area contributed by atoms with Crippen molar-refractivity contribution in [3.63, 3.8) is 0 Å². The van der Waals surface area contributed by atoms with Gasteiger partial charge in [0.25, 0.3) is 0 Å². The lowest BCUT2D eigenvalue weighted by molar-refractivity contribution is 0.666. The molecule has 3 nitrogen and oxygen atoms in total. The highest BCUT2D eigenvalue weighted by atomic mass is 16.3. The third-order valence-corrected chi connectivity index (χ3v) is 10.1. The Morgan fingerprint density at radius 1 is 0.404 bits per heavy atom. The summed E-state index contributed by atoms with van der Waals surface area (Å²) >= 11 is 0. The third kappa shape index (κ3) is 3.30. The van der Waals surface area contributed by atoms with Gasteiger partial charge in [-0.15, -0.1) is 0 Å². The second kappa shape index (κ2) is 9.12. The zero-order valence-electron chi connectivity index (χ0n) is 25.3. The molecule has 0 spiro atoms. The van der Waals surface area contributed by atoms with Crippen LogP contribution in [0.5, 0.6) is 0 Å². The molecule has 0 N–H and O–H groups in total. The fourth-order valence-electron chi connectivity index (χ4n) is 8.10. The Labute approximate surface area is 269 Å². The first kappa shape index (κ1) is 24.9. The van der Waals surface area contributed by atoms with Crippen molar-refractivity contribution in [2.24, 2.45) is 0 Å². The standard InChI is InChI=1S/C44H26N2O/c1-2-11-29(12-3-1)45-36-16-6-4-13-31(36)35-26-28(21-24-37(35)45)30-23-25-39-43-33(30)22-20-27-10-8-17-38(42(27)43)46(39)40-18-9-15-34-32-14-5-7-19-41(32)47-44(34)40/h1-26H. The number of para-hydroxylation sites is 4. The van der Waals surface area contributed by atoms with Crippen molar-refractivity contribution in [1.82, 2.24) is 9.13 Å². The van der Waals surface area contributed by atoms with Crippen LogP contribution in [0.4, 0.5) is 0 Å². The van der Waals surface area contributed by atoms with Crippen molar-refractivity contribution in [2.75, 3.05) is 0 Å². The Kier molecular flexibility index (Phi) is 4.84. The molecule has 218 valence electrons. The maximum atomic E-state index is 6.55. The van der Waals surface area contributed by atoms with Crippen LogP contribution in [-0.4, -0.2) is 9.13 Å². The van der Waals surface area contributed by atoms with Gasteiger partial charge >= 0.3 is 0 Å². The quantitative estimate of drug-likeness (QED) is 0.186. The van der Waals surface area contributed by atoms with E-state index in [-0.39, 0.29) is 0 Å². The van der Waals surface area contributed by atoms with Gasteiger partial charge in [0.2, 0.25) is 0 Å². The molecule has 0 unspecified atom stereocenters. The van der Waals surface area contributed by atoms with Crippen LogP contribution in [0.3, 0.4) is 0 Å². The van der Waals surface area contributed by atoms with Gasteiger partial charge in [-0.2, -0.15) is 0 Å². The Bertz CT molecular complexity index is 3010. The molecule has 0 atom stereocenters. The molecule has 0 aliphatic carbocycles. The van der Waals surface area contributed by atoms with Crippen LogP contribution >= 0.6 is 0 Å². The van der Waals surface area contributed by atoms with Crippen molar-refractivity contribution in [1.29, 1.82) is 0 Å². The van der Waals surface area contributed by atoms with Gasteiger partial charge in [0.1, 0.15) is 5.58 Å². The van der Waals surface area contributed by atoms with E-state index in [1.54, 1.807) is 0 Å². The number of hydrogen-bond donors (Lipinski definition) is 0. The lowest BCUT2D eigenvalue weighted by Crippen LogP contribution is -1.94. The Morgan fingerprint density at radius 2 is 1.13 bits per heavy atom. The van der Waals surface area contributed by atoms with E-state index < -0.39 is 0 Å². The van der Waals surface area contributed by atoms with Gasteiger partial charge in [0, 0.05) is 38.0 Å². The zero-order chi connectivity index (χ0) is 30.6. The summed E-state index contributed by atoms with van der Waals surface area (Å²) in [4.78, 5) is 0. The van der Waals surface area contributed by atoms with E-state index in [0.717, 1.165) is 27.6 Å². The van der Waals surface area contributed by atoms with Gasteiger partial charge in [0.05, 0.1) is 27.8 Å². The Balaban J connectivity index is 1.19. The molecular weight excluding hydrogens is 572 g/mol. The largest absolute Gasteiger partial charge is 0.454 e. The van der Waals surface area contributed by atoms with Crippen LogP contribution in [0, 0.1) is 0 Å². The van der Waals surface area contributed by atoms with E-state index in [4.69, 9.17) is 4.42 Å². The van der Waals surface area contributed by atoms with E-state index in [9.17, 15) is 0 Å². The highest BCUT2D eigenvalue weighted by Crippen LogP contribution is 2.45. The zero-order valence-corrected chi connectivity index (χ0v) is 25.3. The molecule has 11 rings (SSSR count). The number of aromatic nitrogens is 2. The summed E-state index contributed by atoms with van der Waals surface area (Å²) in [6.07, 6.45) is 0. The van der Waals surface area contributed by atoms with Crippen molar-refractivity contribution >= 4 is 76.3 Å². The third-order valence-electron chi connectivity index (χ3n) is 10.1. The summed E-state index contributed by atoms with van der Waals surface area (Å²) in [5.74, 6) is 0. The highest BCUT2D eigenvalue weighted by molar-refractivity contribution is 6.27. The monoisotopic (exact) mass is 598 g/mol. The summed E-state index contributed by atoms with van der Waals surface area (Å²) in [7, 11) is 0. The van der Waals surface area contributed by atoms with Crippen LogP contribution in [-0.2, 0) is 0 Å². The molecule has 47 heavy (non-hydrogen) atoms. The number of nitrogens with zero attached hydrogens (tertiary/aromatic N) is 2. The molecule has 0 amide bonds. The van der Waals surface area contributed by atoms with Gasteiger partial charge in [-0.25, -0.2) is 0 Å². The lowest BCUT2D eigenvalue weighted by atomic mass is 9.94. The molecule has 11 aromatic rings. The Hall–Kier alpha value is -6.32. The van der Waals surface area contributed by atoms with Gasteiger partial charge < -0.3 is 13.6 Å². The molecular formula is C44H26N2O. The Morgan fingerprint density at radius 3 is 2.06 bits per heavy atom. The fraction of sp³-hybridized carbons (Fsp3) is 0. The number of furan rings is 1. The number of fused-ring (bicyclic) bond motifs is 6. The molecule has 0 fully saturated rings. The molecule has 0 bridgehead atoms. The molecule has 0 aliphatic heterocycles. The van der Waals surface area contributed by atoms with Crippen LogP contribution in [0.15, 0.2) is 162 Å². The first-order valence-corrected chi connectivity index (χ1v) is 16.1. The summed E-state index contributed by atoms with van der Waals surface area (Å²) in [5, 5.41) is 9.88. The summed E-state index contributed by atoms with van der Waals surface area (Å²) in [6.45, 7) is 0. The SMILES string of the molecule is c1ccc(-n2c3ccccc3c3cc(-c4ccc5c6c4ccc4cccc(c46)n5-c4cccc5c4oc4ccccc45)ccc32)cc1. The van der Waals surface area contributed by atoms with Crippen molar-refractivity contribution in [2.45, 2.75) is 0 Å². The highest BCUT2D eigenvalue weighted by Gasteiger charge is 2.22. The molecule has 0 saturated heterocycles. The smallest absolute Gasteiger partial charge is 0.159 e.